The summed E-state index contributed by atoms with van der Waals surface area (Å²) >= 11 is 0. The Morgan fingerprint density at radius 2 is 2.11 bits per heavy atom. The number of rotatable bonds is 6. The first-order valence-electron chi connectivity index (χ1n) is 8.63. The molecule has 3 N–H and O–H groups in total. The number of ketones is 1. The van der Waals surface area contributed by atoms with Crippen molar-refractivity contribution in [3.8, 4) is 11.1 Å². The molecular formula is C19H20N6O2. The van der Waals surface area contributed by atoms with Crippen molar-refractivity contribution in [3.63, 3.8) is 0 Å². The van der Waals surface area contributed by atoms with Crippen LogP contribution < -0.4 is 0 Å². The highest BCUT2D eigenvalue weighted by molar-refractivity contribution is 6.07. The van der Waals surface area contributed by atoms with Crippen molar-refractivity contribution >= 4 is 16.7 Å². The molecule has 3 aromatic heterocycles. The van der Waals surface area contributed by atoms with Gasteiger partial charge >= 0.3 is 0 Å². The summed E-state index contributed by atoms with van der Waals surface area (Å²) in [5.41, 5.74) is 3.10. The van der Waals surface area contributed by atoms with Gasteiger partial charge in [0.15, 0.2) is 5.78 Å². The summed E-state index contributed by atoms with van der Waals surface area (Å²) in [5, 5.41) is 28.8. The second-order valence-electron chi connectivity index (χ2n) is 7.28. The molecule has 0 saturated carbocycles. The molecule has 4 rings (SSSR count). The smallest absolute Gasteiger partial charge is 0.188 e. The molecular weight excluding hydrogens is 344 g/mol. The first-order valence-corrected chi connectivity index (χ1v) is 8.63. The summed E-state index contributed by atoms with van der Waals surface area (Å²) in [7, 11) is 0. The number of fused-ring (bicyclic) bond motifs is 1. The number of hydrogen-bond donors (Lipinski definition) is 3. The van der Waals surface area contributed by atoms with Crippen molar-refractivity contribution in [1.29, 1.82) is 0 Å². The first-order chi connectivity index (χ1) is 12.9. The molecule has 0 amide bonds. The summed E-state index contributed by atoms with van der Waals surface area (Å²) in [6.07, 6.45) is 7.19. The molecule has 1 aromatic carbocycles. The zero-order valence-electron chi connectivity index (χ0n) is 15.1. The van der Waals surface area contributed by atoms with Gasteiger partial charge in [-0.2, -0.15) is 15.3 Å². The topological polar surface area (TPSA) is 112 Å². The number of aromatic nitrogens is 6. The molecule has 0 bridgehead atoms. The Labute approximate surface area is 155 Å². The van der Waals surface area contributed by atoms with Crippen molar-refractivity contribution in [1.82, 2.24) is 30.2 Å². The zero-order chi connectivity index (χ0) is 19.0. The minimum atomic E-state index is -0.863. The molecule has 0 radical (unpaired) electrons. The molecule has 8 heteroatoms. The van der Waals surface area contributed by atoms with Gasteiger partial charge in [-0.15, -0.1) is 0 Å². The Kier molecular flexibility index (Phi) is 4.12. The molecule has 0 aliphatic carbocycles. The van der Waals surface area contributed by atoms with Crippen LogP contribution in [-0.2, 0) is 13.0 Å². The third kappa shape index (κ3) is 3.65. The maximum atomic E-state index is 12.7. The van der Waals surface area contributed by atoms with Crippen LogP contribution in [0.15, 0.2) is 43.0 Å². The standard InChI is InChI=1S/C19H20N6O2/c1-19(2,27)11-25-10-12(7-22-25)5-17(26)18-15-4-3-13(6-16(15)23-24-18)14-8-20-21-9-14/h3-4,6-10,27H,5,11H2,1-2H3,(H,20,21)(H,23,24). The molecule has 8 nitrogen and oxygen atoms in total. The maximum absolute atomic E-state index is 12.7. The molecule has 0 aliphatic heterocycles. The molecule has 27 heavy (non-hydrogen) atoms. The molecule has 0 fully saturated rings. The molecule has 138 valence electrons. The highest BCUT2D eigenvalue weighted by Gasteiger charge is 2.18. The number of nitrogens with one attached hydrogen (secondary N) is 2. The molecule has 4 aromatic rings. The Bertz CT molecular complexity index is 1090. The number of H-pyrrole nitrogens is 2. The zero-order valence-corrected chi connectivity index (χ0v) is 15.1. The van der Waals surface area contributed by atoms with E-state index in [-0.39, 0.29) is 12.2 Å². The van der Waals surface area contributed by atoms with Gasteiger partial charge in [0.05, 0.1) is 30.1 Å². The highest BCUT2D eigenvalue weighted by Crippen LogP contribution is 2.25. The van der Waals surface area contributed by atoms with Gasteiger partial charge in [-0.05, 0) is 37.1 Å². The number of aliphatic hydroxyl groups is 1. The largest absolute Gasteiger partial charge is 0.389 e. The van der Waals surface area contributed by atoms with Gasteiger partial charge in [0.2, 0.25) is 0 Å². The minimum absolute atomic E-state index is 0.0832. The van der Waals surface area contributed by atoms with E-state index < -0.39 is 5.60 Å². The van der Waals surface area contributed by atoms with Gasteiger partial charge < -0.3 is 5.11 Å². The fourth-order valence-corrected chi connectivity index (χ4v) is 3.07. The molecule has 0 saturated heterocycles. The Morgan fingerprint density at radius 1 is 1.26 bits per heavy atom. The highest BCUT2D eigenvalue weighted by atomic mass is 16.3. The lowest BCUT2D eigenvalue weighted by Gasteiger charge is -2.16. The Morgan fingerprint density at radius 3 is 2.85 bits per heavy atom. The van der Waals surface area contributed by atoms with Crippen LogP contribution >= 0.6 is 0 Å². The van der Waals surface area contributed by atoms with E-state index in [1.807, 2.05) is 24.4 Å². The van der Waals surface area contributed by atoms with Gasteiger partial charge in [-0.25, -0.2) is 0 Å². The molecule has 0 aliphatic rings. The third-order valence-corrected chi connectivity index (χ3v) is 4.26. The number of Topliss-reactive ketones (excluding diaryl/α,β-unsaturated/α-hetero) is 1. The lowest BCUT2D eigenvalue weighted by Crippen LogP contribution is -2.26. The molecule has 0 atom stereocenters. The van der Waals surface area contributed by atoms with Gasteiger partial charge in [-0.3, -0.25) is 19.7 Å². The number of nitrogens with zero attached hydrogens (tertiary/aromatic N) is 4. The minimum Gasteiger partial charge on any atom is -0.389 e. The van der Waals surface area contributed by atoms with Crippen LogP contribution in [0, 0.1) is 0 Å². The van der Waals surface area contributed by atoms with E-state index in [0.717, 1.165) is 27.6 Å². The number of hydrogen-bond acceptors (Lipinski definition) is 5. The summed E-state index contributed by atoms with van der Waals surface area (Å²) in [5.74, 6) is -0.0832. The normalized spacial score (nSPS) is 12.0. The lowest BCUT2D eigenvalue weighted by molar-refractivity contribution is 0.0577. The van der Waals surface area contributed by atoms with Crippen molar-refractivity contribution in [3.05, 3.63) is 54.2 Å². The number of carbonyl (C=O) groups is 1. The van der Waals surface area contributed by atoms with E-state index in [1.165, 1.54) is 0 Å². The molecule has 3 heterocycles. The van der Waals surface area contributed by atoms with E-state index in [9.17, 15) is 9.90 Å². The molecule has 0 spiro atoms. The van der Waals surface area contributed by atoms with Crippen molar-refractivity contribution in [2.24, 2.45) is 0 Å². The second-order valence-corrected chi connectivity index (χ2v) is 7.28. The van der Waals surface area contributed by atoms with Crippen molar-refractivity contribution < 1.29 is 9.90 Å². The number of carbonyl (C=O) groups excluding carboxylic acids is 1. The second kappa shape index (κ2) is 6.48. The quantitative estimate of drug-likeness (QED) is 0.455. The van der Waals surface area contributed by atoms with E-state index in [4.69, 9.17) is 0 Å². The summed E-state index contributed by atoms with van der Waals surface area (Å²) in [4.78, 5) is 12.7. The Balaban J connectivity index is 1.55. The number of benzene rings is 1. The predicted octanol–water partition coefficient (Wildman–Crippen LogP) is 2.35. The van der Waals surface area contributed by atoms with Crippen LogP contribution in [0.4, 0.5) is 0 Å². The van der Waals surface area contributed by atoms with Gasteiger partial charge in [0.25, 0.3) is 0 Å². The van der Waals surface area contributed by atoms with Crippen LogP contribution in [0.2, 0.25) is 0 Å². The fourth-order valence-electron chi connectivity index (χ4n) is 3.07. The summed E-state index contributed by atoms with van der Waals surface area (Å²) < 4.78 is 1.64. The van der Waals surface area contributed by atoms with E-state index in [2.05, 4.69) is 25.5 Å². The van der Waals surface area contributed by atoms with Crippen LogP contribution in [-0.4, -0.2) is 46.7 Å². The molecule has 0 unspecified atom stereocenters. The van der Waals surface area contributed by atoms with E-state index in [1.54, 1.807) is 37.1 Å². The van der Waals surface area contributed by atoms with Crippen LogP contribution in [0.3, 0.4) is 0 Å². The van der Waals surface area contributed by atoms with Gasteiger partial charge in [0.1, 0.15) is 5.69 Å². The monoisotopic (exact) mass is 364 g/mol. The SMILES string of the molecule is CC(C)(O)Cn1cc(CC(=O)c2n[nH]c3cc(-c4cn[nH]c4)ccc23)cn1. The van der Waals surface area contributed by atoms with E-state index in [0.29, 0.717) is 12.2 Å². The summed E-state index contributed by atoms with van der Waals surface area (Å²) in [6.45, 7) is 3.80. The average Bonchev–Trinajstić information content (AvgIpc) is 3.33. The van der Waals surface area contributed by atoms with Gasteiger partial charge in [0, 0.05) is 29.8 Å². The lowest BCUT2D eigenvalue weighted by atomic mass is 10.0. The predicted molar refractivity (Wildman–Crippen MR) is 100 cm³/mol. The fraction of sp³-hybridized carbons (Fsp3) is 0.263. The van der Waals surface area contributed by atoms with E-state index >= 15 is 0 Å². The first kappa shape index (κ1) is 17.2. The average molecular weight is 364 g/mol. The van der Waals surface area contributed by atoms with Crippen molar-refractivity contribution in [2.45, 2.75) is 32.4 Å². The maximum Gasteiger partial charge on any atom is 0.188 e. The summed E-state index contributed by atoms with van der Waals surface area (Å²) in [6, 6.07) is 5.79. The third-order valence-electron chi connectivity index (χ3n) is 4.26. The van der Waals surface area contributed by atoms with Crippen LogP contribution in [0.5, 0.6) is 0 Å². The van der Waals surface area contributed by atoms with Crippen LogP contribution in [0.25, 0.3) is 22.0 Å². The van der Waals surface area contributed by atoms with Crippen LogP contribution in [0.1, 0.15) is 29.9 Å². The number of aromatic amines is 2. The Hall–Kier alpha value is -3.26. The van der Waals surface area contributed by atoms with Crippen molar-refractivity contribution in [2.75, 3.05) is 0 Å². The van der Waals surface area contributed by atoms with Gasteiger partial charge in [-0.1, -0.05) is 6.07 Å².